The summed E-state index contributed by atoms with van der Waals surface area (Å²) in [5.74, 6) is 1.06. The van der Waals surface area contributed by atoms with Gasteiger partial charge in [-0.1, -0.05) is 6.42 Å². The van der Waals surface area contributed by atoms with E-state index in [9.17, 15) is 4.79 Å². The molecule has 1 fully saturated rings. The summed E-state index contributed by atoms with van der Waals surface area (Å²) in [7, 11) is 1.38. The molecule has 1 aliphatic rings. The number of nitrogens with one attached hydrogen (secondary N) is 1. The quantitative estimate of drug-likeness (QED) is 0.618. The fourth-order valence-corrected chi connectivity index (χ4v) is 2.77. The average Bonchev–Trinajstić information content (AvgIpc) is 2.88. The van der Waals surface area contributed by atoms with Crippen LogP contribution in [0, 0.1) is 6.92 Å². The van der Waals surface area contributed by atoms with Crippen molar-refractivity contribution in [2.24, 2.45) is 0 Å². The van der Waals surface area contributed by atoms with Gasteiger partial charge in [-0.25, -0.2) is 4.79 Å². The molecule has 118 valence electrons. The molecule has 2 rings (SSSR count). The zero-order chi connectivity index (χ0) is 15.1. The third-order valence-corrected chi connectivity index (χ3v) is 3.95. The third-order valence-electron chi connectivity index (χ3n) is 3.95. The van der Waals surface area contributed by atoms with Gasteiger partial charge >= 0.3 is 5.97 Å². The minimum Gasteiger partial charge on any atom is -0.465 e. The number of hydrogen-bond acceptors (Lipinski definition) is 5. The molecule has 0 spiro atoms. The molecule has 2 heterocycles. The summed E-state index contributed by atoms with van der Waals surface area (Å²) in [4.78, 5) is 14.0. The third kappa shape index (κ3) is 4.86. The van der Waals surface area contributed by atoms with E-state index >= 15 is 0 Å². The van der Waals surface area contributed by atoms with E-state index in [1.54, 1.807) is 13.0 Å². The lowest BCUT2D eigenvalue weighted by molar-refractivity contribution is 0.0599. The van der Waals surface area contributed by atoms with Crippen molar-refractivity contribution < 1.29 is 13.9 Å². The Labute approximate surface area is 126 Å². The van der Waals surface area contributed by atoms with E-state index in [0.29, 0.717) is 17.9 Å². The minimum absolute atomic E-state index is 0.340. The Balaban J connectivity index is 1.65. The maximum Gasteiger partial charge on any atom is 0.341 e. The number of hydrogen-bond donors (Lipinski definition) is 1. The first-order valence-corrected chi connectivity index (χ1v) is 7.81. The molecule has 0 saturated carbocycles. The predicted molar refractivity (Wildman–Crippen MR) is 81.4 cm³/mol. The number of carbonyl (C=O) groups is 1. The summed E-state index contributed by atoms with van der Waals surface area (Å²) < 4.78 is 10.3. The fraction of sp³-hybridized carbons (Fsp3) is 0.688. The van der Waals surface area contributed by atoms with Crippen molar-refractivity contribution in [3.05, 3.63) is 23.2 Å². The van der Waals surface area contributed by atoms with Gasteiger partial charge in [-0.2, -0.15) is 0 Å². The van der Waals surface area contributed by atoms with Crippen molar-refractivity contribution in [1.29, 1.82) is 0 Å². The van der Waals surface area contributed by atoms with Crippen molar-refractivity contribution in [3.8, 4) is 0 Å². The summed E-state index contributed by atoms with van der Waals surface area (Å²) in [5, 5.41) is 3.37. The lowest BCUT2D eigenvalue weighted by atomic mass is 10.1. The van der Waals surface area contributed by atoms with Gasteiger partial charge in [0.15, 0.2) is 0 Å². The maximum atomic E-state index is 11.5. The molecule has 0 aromatic carbocycles. The highest BCUT2D eigenvalue weighted by Gasteiger charge is 2.15. The number of likely N-dealkylation sites (tertiary alicyclic amines) is 1. The molecule has 1 aromatic heterocycles. The van der Waals surface area contributed by atoms with Crippen LogP contribution in [0.5, 0.6) is 0 Å². The van der Waals surface area contributed by atoms with Gasteiger partial charge in [-0.15, -0.1) is 0 Å². The van der Waals surface area contributed by atoms with Gasteiger partial charge in [0.25, 0.3) is 0 Å². The molecule has 1 saturated heterocycles. The highest BCUT2D eigenvalue weighted by Crippen LogP contribution is 2.15. The number of nitrogens with zero attached hydrogens (tertiary/aromatic N) is 1. The zero-order valence-corrected chi connectivity index (χ0v) is 13.1. The second kappa shape index (κ2) is 8.20. The van der Waals surface area contributed by atoms with E-state index in [0.717, 1.165) is 25.3 Å². The largest absolute Gasteiger partial charge is 0.465 e. The van der Waals surface area contributed by atoms with Crippen LogP contribution in [0.1, 0.15) is 47.6 Å². The van der Waals surface area contributed by atoms with Crippen LogP contribution < -0.4 is 5.32 Å². The van der Waals surface area contributed by atoms with Gasteiger partial charge < -0.3 is 19.4 Å². The van der Waals surface area contributed by atoms with Crippen molar-refractivity contribution >= 4 is 5.97 Å². The first-order chi connectivity index (χ1) is 10.2. The van der Waals surface area contributed by atoms with Gasteiger partial charge in [0, 0.05) is 0 Å². The van der Waals surface area contributed by atoms with E-state index < -0.39 is 0 Å². The van der Waals surface area contributed by atoms with Crippen LogP contribution >= 0.6 is 0 Å². The molecule has 0 bridgehead atoms. The highest BCUT2D eigenvalue weighted by molar-refractivity contribution is 5.90. The monoisotopic (exact) mass is 294 g/mol. The van der Waals surface area contributed by atoms with Crippen LogP contribution in [0.25, 0.3) is 0 Å². The first-order valence-electron chi connectivity index (χ1n) is 7.81. The van der Waals surface area contributed by atoms with Gasteiger partial charge in [-0.3, -0.25) is 0 Å². The molecule has 0 unspecified atom stereocenters. The van der Waals surface area contributed by atoms with Crippen LogP contribution in [-0.2, 0) is 11.3 Å². The summed E-state index contributed by atoms with van der Waals surface area (Å²) >= 11 is 0. The molecule has 21 heavy (non-hydrogen) atoms. The number of aryl methyl sites for hydroxylation is 1. The Morgan fingerprint density at radius 2 is 2.14 bits per heavy atom. The Kier molecular flexibility index (Phi) is 6.26. The highest BCUT2D eigenvalue weighted by atomic mass is 16.5. The molecule has 5 heteroatoms. The number of rotatable bonds is 7. The van der Waals surface area contributed by atoms with Gasteiger partial charge in [0.1, 0.15) is 17.1 Å². The lowest BCUT2D eigenvalue weighted by Gasteiger charge is -2.26. The molecule has 1 aromatic rings. The maximum absolute atomic E-state index is 11.5. The molecular formula is C16H26N2O3. The van der Waals surface area contributed by atoms with E-state index in [4.69, 9.17) is 9.15 Å². The Morgan fingerprint density at radius 1 is 1.38 bits per heavy atom. The normalized spacial score (nSPS) is 16.1. The van der Waals surface area contributed by atoms with E-state index in [2.05, 4.69) is 10.2 Å². The van der Waals surface area contributed by atoms with Gasteiger partial charge in [-0.05, 0) is 58.4 Å². The summed E-state index contributed by atoms with van der Waals surface area (Å²) in [5.41, 5.74) is 0.516. The first kappa shape index (κ1) is 16.0. The molecule has 1 N–H and O–H groups in total. The predicted octanol–water partition coefficient (Wildman–Crippen LogP) is 2.34. The average molecular weight is 294 g/mol. The molecule has 0 amide bonds. The zero-order valence-electron chi connectivity index (χ0n) is 13.1. The number of methoxy groups -OCH3 is 1. The smallest absolute Gasteiger partial charge is 0.341 e. The van der Waals surface area contributed by atoms with Gasteiger partial charge in [0.2, 0.25) is 0 Å². The molecule has 0 aliphatic carbocycles. The second-order valence-electron chi connectivity index (χ2n) is 5.61. The summed E-state index contributed by atoms with van der Waals surface area (Å²) in [6.07, 6.45) is 5.21. The van der Waals surface area contributed by atoms with Crippen molar-refractivity contribution in [3.63, 3.8) is 0 Å². The van der Waals surface area contributed by atoms with Gasteiger partial charge in [0.05, 0.1) is 13.7 Å². The Hall–Kier alpha value is -1.33. The standard InChI is InChI=1S/C16H26N2O3/c1-13-15(16(19)20-2)11-14(21-13)12-17-7-6-10-18-8-4-3-5-9-18/h11,17H,3-10,12H2,1-2H3. The topological polar surface area (TPSA) is 54.7 Å². The second-order valence-corrected chi connectivity index (χ2v) is 5.61. The van der Waals surface area contributed by atoms with Crippen LogP contribution in [0.2, 0.25) is 0 Å². The van der Waals surface area contributed by atoms with E-state index in [1.165, 1.54) is 39.5 Å². The van der Waals surface area contributed by atoms with E-state index in [-0.39, 0.29) is 5.97 Å². The number of carbonyl (C=O) groups excluding carboxylic acids is 1. The number of furan rings is 1. The number of ether oxygens (including phenoxy) is 1. The van der Waals surface area contributed by atoms with Crippen LogP contribution in [0.3, 0.4) is 0 Å². The minimum atomic E-state index is -0.340. The molecule has 0 radical (unpaired) electrons. The number of piperidine rings is 1. The van der Waals surface area contributed by atoms with Crippen molar-refractivity contribution in [2.75, 3.05) is 33.3 Å². The van der Waals surface area contributed by atoms with Crippen LogP contribution in [0.15, 0.2) is 10.5 Å². The van der Waals surface area contributed by atoms with Crippen LogP contribution in [0.4, 0.5) is 0 Å². The molecular weight excluding hydrogens is 268 g/mol. The fourth-order valence-electron chi connectivity index (χ4n) is 2.77. The lowest BCUT2D eigenvalue weighted by Crippen LogP contribution is -2.32. The van der Waals surface area contributed by atoms with Crippen LogP contribution in [-0.4, -0.2) is 44.2 Å². The van der Waals surface area contributed by atoms with E-state index in [1.807, 2.05) is 0 Å². The Bertz CT molecular complexity index is 450. The summed E-state index contributed by atoms with van der Waals surface area (Å²) in [6, 6.07) is 1.76. The Morgan fingerprint density at radius 3 is 2.86 bits per heavy atom. The SMILES string of the molecule is COC(=O)c1cc(CNCCCN2CCCCC2)oc1C. The summed E-state index contributed by atoms with van der Waals surface area (Å²) in [6.45, 7) is 7.06. The van der Waals surface area contributed by atoms with Crippen molar-refractivity contribution in [2.45, 2.75) is 39.2 Å². The molecule has 0 atom stereocenters. The molecule has 1 aliphatic heterocycles. The molecule has 5 nitrogen and oxygen atoms in total. The van der Waals surface area contributed by atoms with Crippen molar-refractivity contribution in [1.82, 2.24) is 10.2 Å². The number of esters is 1.